The van der Waals surface area contributed by atoms with E-state index < -0.39 is 10.0 Å². The van der Waals surface area contributed by atoms with Crippen LogP contribution in [0, 0.1) is 5.82 Å². The average Bonchev–Trinajstić information content (AvgIpc) is 2.61. The number of aryl methyl sites for hydroxylation is 1. The molecule has 1 aliphatic carbocycles. The predicted molar refractivity (Wildman–Crippen MR) is 98.2 cm³/mol. The number of hydrogen-bond acceptors (Lipinski definition) is 4. The maximum absolute atomic E-state index is 13.8. The van der Waals surface area contributed by atoms with E-state index in [-0.39, 0.29) is 22.5 Å². The molecule has 1 unspecified atom stereocenters. The number of rotatable bonds is 6. The molecule has 3 rings (SSSR count). The number of nitrogens with two attached hydrogens (primary N) is 1. The standard InChI is InChI=1S/C19H23FN2O3S/c1-25-19-8-5-13(11-17(19)20)9-10-22-18-4-2-3-14-6-7-15(12-16(14)18)26(21,23)24/h5-8,11-12,18,22H,2-4,9-10H2,1H3,(H2,21,23,24). The Hall–Kier alpha value is -1.96. The topological polar surface area (TPSA) is 81.4 Å². The van der Waals surface area contributed by atoms with Gasteiger partial charge in [0, 0.05) is 6.04 Å². The molecule has 1 atom stereocenters. The van der Waals surface area contributed by atoms with Crippen molar-refractivity contribution in [2.75, 3.05) is 13.7 Å². The maximum Gasteiger partial charge on any atom is 0.238 e. The van der Waals surface area contributed by atoms with E-state index in [2.05, 4.69) is 5.32 Å². The van der Waals surface area contributed by atoms with E-state index in [4.69, 9.17) is 9.88 Å². The Morgan fingerprint density at radius 2 is 2.08 bits per heavy atom. The summed E-state index contributed by atoms with van der Waals surface area (Å²) in [5.41, 5.74) is 3.02. The van der Waals surface area contributed by atoms with Gasteiger partial charge in [-0.15, -0.1) is 0 Å². The minimum absolute atomic E-state index is 0.0727. The van der Waals surface area contributed by atoms with Crippen LogP contribution in [0.4, 0.5) is 4.39 Å². The molecular weight excluding hydrogens is 355 g/mol. The van der Waals surface area contributed by atoms with Crippen molar-refractivity contribution in [1.82, 2.24) is 5.32 Å². The highest BCUT2D eigenvalue weighted by Gasteiger charge is 2.22. The minimum Gasteiger partial charge on any atom is -0.494 e. The maximum atomic E-state index is 13.8. The first-order chi connectivity index (χ1) is 12.4. The molecule has 26 heavy (non-hydrogen) atoms. The molecule has 0 saturated carbocycles. The van der Waals surface area contributed by atoms with Gasteiger partial charge in [-0.1, -0.05) is 12.1 Å². The van der Waals surface area contributed by atoms with E-state index in [1.807, 2.05) is 12.1 Å². The van der Waals surface area contributed by atoms with Gasteiger partial charge in [0.2, 0.25) is 10.0 Å². The summed E-state index contributed by atoms with van der Waals surface area (Å²) < 4.78 is 41.9. The number of nitrogens with one attached hydrogen (secondary N) is 1. The second-order valence-corrected chi connectivity index (χ2v) is 8.08. The van der Waals surface area contributed by atoms with E-state index in [0.29, 0.717) is 13.0 Å². The lowest BCUT2D eigenvalue weighted by Crippen LogP contribution is -2.27. The van der Waals surface area contributed by atoms with Gasteiger partial charge in [-0.2, -0.15) is 0 Å². The first kappa shape index (κ1) is 18.8. The largest absolute Gasteiger partial charge is 0.494 e. The number of fused-ring (bicyclic) bond motifs is 1. The third-order valence-electron chi connectivity index (χ3n) is 4.78. The van der Waals surface area contributed by atoms with Gasteiger partial charge >= 0.3 is 0 Å². The van der Waals surface area contributed by atoms with Crippen molar-refractivity contribution in [2.45, 2.75) is 36.6 Å². The van der Waals surface area contributed by atoms with Gasteiger partial charge in [0.1, 0.15) is 0 Å². The van der Waals surface area contributed by atoms with Gasteiger partial charge in [0.15, 0.2) is 11.6 Å². The number of halogens is 1. The molecule has 2 aromatic carbocycles. The SMILES string of the molecule is COc1ccc(CCNC2CCCc3ccc(S(N)(=O)=O)cc32)cc1F. The number of methoxy groups -OCH3 is 1. The number of benzene rings is 2. The van der Waals surface area contributed by atoms with Crippen LogP contribution >= 0.6 is 0 Å². The van der Waals surface area contributed by atoms with Crippen molar-refractivity contribution in [3.63, 3.8) is 0 Å². The molecule has 5 nitrogen and oxygen atoms in total. The Morgan fingerprint density at radius 3 is 2.77 bits per heavy atom. The summed E-state index contributed by atoms with van der Waals surface area (Å²) in [6.07, 6.45) is 3.57. The van der Waals surface area contributed by atoms with Crippen molar-refractivity contribution in [3.05, 3.63) is 58.9 Å². The molecule has 140 valence electrons. The Bertz CT molecular complexity index is 900. The molecule has 0 fully saturated rings. The molecule has 1 aliphatic rings. The van der Waals surface area contributed by atoms with Crippen molar-refractivity contribution < 1.29 is 17.5 Å². The number of ether oxygens (including phenoxy) is 1. The molecule has 2 aromatic rings. The first-order valence-electron chi connectivity index (χ1n) is 8.60. The van der Waals surface area contributed by atoms with Gasteiger partial charge in [0.25, 0.3) is 0 Å². The van der Waals surface area contributed by atoms with E-state index >= 15 is 0 Å². The summed E-state index contributed by atoms with van der Waals surface area (Å²) in [4.78, 5) is 0.141. The van der Waals surface area contributed by atoms with Gasteiger partial charge in [0.05, 0.1) is 12.0 Å². The van der Waals surface area contributed by atoms with Crippen molar-refractivity contribution in [3.8, 4) is 5.75 Å². The fourth-order valence-electron chi connectivity index (χ4n) is 3.42. The number of sulfonamides is 1. The second kappa shape index (κ2) is 7.73. The molecule has 0 heterocycles. The van der Waals surface area contributed by atoms with Crippen LogP contribution in [0.1, 0.15) is 35.6 Å². The molecule has 0 aromatic heterocycles. The van der Waals surface area contributed by atoms with Crippen LogP contribution in [0.3, 0.4) is 0 Å². The minimum atomic E-state index is -3.72. The highest BCUT2D eigenvalue weighted by molar-refractivity contribution is 7.89. The Kier molecular flexibility index (Phi) is 5.60. The zero-order chi connectivity index (χ0) is 18.7. The average molecular weight is 378 g/mol. The fraction of sp³-hybridized carbons (Fsp3) is 0.368. The lowest BCUT2D eigenvalue weighted by molar-refractivity contribution is 0.386. The van der Waals surface area contributed by atoms with Crippen LogP contribution in [-0.2, 0) is 22.9 Å². The van der Waals surface area contributed by atoms with Crippen molar-refractivity contribution >= 4 is 10.0 Å². The van der Waals surface area contributed by atoms with Crippen LogP contribution < -0.4 is 15.2 Å². The lowest BCUT2D eigenvalue weighted by atomic mass is 9.87. The molecule has 3 N–H and O–H groups in total. The van der Waals surface area contributed by atoms with Gasteiger partial charge in [-0.25, -0.2) is 17.9 Å². The monoisotopic (exact) mass is 378 g/mol. The van der Waals surface area contributed by atoms with Crippen LogP contribution in [0.15, 0.2) is 41.3 Å². The molecule has 0 radical (unpaired) electrons. The fourth-order valence-corrected chi connectivity index (χ4v) is 3.97. The first-order valence-corrected chi connectivity index (χ1v) is 10.1. The molecule has 7 heteroatoms. The van der Waals surface area contributed by atoms with E-state index in [0.717, 1.165) is 36.0 Å². The van der Waals surface area contributed by atoms with Crippen LogP contribution in [0.25, 0.3) is 0 Å². The zero-order valence-corrected chi connectivity index (χ0v) is 15.5. The number of hydrogen-bond donors (Lipinski definition) is 2. The van der Waals surface area contributed by atoms with E-state index in [1.54, 1.807) is 18.2 Å². The molecule has 0 aliphatic heterocycles. The molecular formula is C19H23FN2O3S. The summed E-state index contributed by atoms with van der Waals surface area (Å²) in [6, 6.07) is 10.1. The van der Waals surface area contributed by atoms with Crippen molar-refractivity contribution in [2.24, 2.45) is 5.14 Å². The van der Waals surface area contributed by atoms with Gasteiger partial charge in [-0.3, -0.25) is 0 Å². The van der Waals surface area contributed by atoms with Crippen LogP contribution in [0.5, 0.6) is 5.75 Å². The predicted octanol–water partition coefficient (Wildman–Crippen LogP) is 2.69. The molecule has 0 bridgehead atoms. The smallest absolute Gasteiger partial charge is 0.238 e. The normalized spacial score (nSPS) is 17.0. The third-order valence-corrected chi connectivity index (χ3v) is 5.69. The van der Waals surface area contributed by atoms with Crippen molar-refractivity contribution in [1.29, 1.82) is 0 Å². The number of primary sulfonamides is 1. The highest BCUT2D eigenvalue weighted by Crippen LogP contribution is 2.31. The quantitative estimate of drug-likeness (QED) is 0.810. The summed E-state index contributed by atoms with van der Waals surface area (Å²) >= 11 is 0. The lowest BCUT2D eigenvalue weighted by Gasteiger charge is -2.27. The summed E-state index contributed by atoms with van der Waals surface area (Å²) in [7, 11) is -2.28. The molecule has 0 spiro atoms. The van der Waals surface area contributed by atoms with E-state index in [9.17, 15) is 12.8 Å². The summed E-state index contributed by atoms with van der Waals surface area (Å²) in [6.45, 7) is 0.662. The Morgan fingerprint density at radius 1 is 1.27 bits per heavy atom. The molecule has 0 amide bonds. The Labute approximate surface area is 153 Å². The van der Waals surface area contributed by atoms with Crippen LogP contribution in [-0.4, -0.2) is 22.1 Å². The highest BCUT2D eigenvalue weighted by atomic mass is 32.2. The van der Waals surface area contributed by atoms with E-state index in [1.165, 1.54) is 13.2 Å². The van der Waals surface area contributed by atoms with Crippen LogP contribution in [0.2, 0.25) is 0 Å². The summed E-state index contributed by atoms with van der Waals surface area (Å²) in [5.74, 6) is -0.135. The van der Waals surface area contributed by atoms with Gasteiger partial charge < -0.3 is 10.1 Å². The second-order valence-electron chi connectivity index (χ2n) is 6.52. The summed E-state index contributed by atoms with van der Waals surface area (Å²) in [5, 5.41) is 8.72. The Balaban J connectivity index is 1.69. The van der Waals surface area contributed by atoms with Gasteiger partial charge in [-0.05, 0) is 73.2 Å². The third kappa shape index (κ3) is 4.23. The molecule has 0 saturated heterocycles. The zero-order valence-electron chi connectivity index (χ0n) is 14.7.